The number of halogens is 4. The lowest BCUT2D eigenvalue weighted by Gasteiger charge is -2.28. The Kier molecular flexibility index (Phi) is 5.82. The molecule has 0 radical (unpaired) electrons. The van der Waals surface area contributed by atoms with Gasteiger partial charge in [-0.05, 0) is 74.2 Å². The first-order chi connectivity index (χ1) is 14.3. The average Bonchev–Trinajstić information content (AvgIpc) is 3.39. The number of rotatable bonds is 4. The fourth-order valence-electron chi connectivity index (χ4n) is 4.45. The Hall–Kier alpha value is -2.41. The van der Waals surface area contributed by atoms with Gasteiger partial charge < -0.3 is 9.80 Å². The third-order valence-electron chi connectivity index (χ3n) is 6.03. The van der Waals surface area contributed by atoms with E-state index in [1.54, 1.807) is 4.90 Å². The van der Waals surface area contributed by atoms with Crippen molar-refractivity contribution in [2.75, 3.05) is 26.2 Å². The molecule has 1 atom stereocenters. The average molecular weight is 420 g/mol. The molecule has 7 heteroatoms. The number of hydrogen-bond donors (Lipinski definition) is 0. The van der Waals surface area contributed by atoms with Gasteiger partial charge in [0.15, 0.2) is 0 Å². The fraction of sp³-hybridized carbons (Fsp3) is 0.435. The van der Waals surface area contributed by atoms with E-state index in [0.717, 1.165) is 50.7 Å². The Morgan fingerprint density at radius 3 is 2.40 bits per heavy atom. The van der Waals surface area contributed by atoms with Crippen molar-refractivity contribution in [2.45, 2.75) is 37.9 Å². The van der Waals surface area contributed by atoms with Gasteiger partial charge in [0.1, 0.15) is 5.82 Å². The summed E-state index contributed by atoms with van der Waals surface area (Å²) in [5, 5.41) is 0. The van der Waals surface area contributed by atoms with Gasteiger partial charge >= 0.3 is 6.18 Å². The number of amides is 1. The maximum absolute atomic E-state index is 14.8. The van der Waals surface area contributed by atoms with E-state index in [-0.39, 0.29) is 23.1 Å². The van der Waals surface area contributed by atoms with Gasteiger partial charge in [-0.1, -0.05) is 18.2 Å². The minimum Gasteiger partial charge on any atom is -0.334 e. The highest BCUT2D eigenvalue weighted by atomic mass is 19.4. The number of likely N-dealkylation sites (tertiary alicyclic amines) is 2. The van der Waals surface area contributed by atoms with Crippen molar-refractivity contribution in [3.63, 3.8) is 0 Å². The third-order valence-corrected chi connectivity index (χ3v) is 6.03. The van der Waals surface area contributed by atoms with Crippen LogP contribution in [0.2, 0.25) is 0 Å². The zero-order valence-corrected chi connectivity index (χ0v) is 16.6. The van der Waals surface area contributed by atoms with Crippen LogP contribution in [0.15, 0.2) is 42.5 Å². The van der Waals surface area contributed by atoms with E-state index < -0.39 is 17.6 Å². The van der Waals surface area contributed by atoms with Crippen molar-refractivity contribution in [3.8, 4) is 11.1 Å². The summed E-state index contributed by atoms with van der Waals surface area (Å²) in [5.41, 5.74) is -0.248. The molecular formula is C23H24F4N2O. The van der Waals surface area contributed by atoms with Crippen LogP contribution in [0.1, 0.15) is 41.6 Å². The Morgan fingerprint density at radius 2 is 1.70 bits per heavy atom. The van der Waals surface area contributed by atoms with E-state index in [4.69, 9.17) is 0 Å². The second kappa shape index (κ2) is 8.38. The molecule has 0 saturated carbocycles. The molecule has 2 aromatic rings. The molecule has 2 saturated heterocycles. The normalized spacial score (nSPS) is 20.1. The van der Waals surface area contributed by atoms with Crippen LogP contribution in [0.25, 0.3) is 11.1 Å². The predicted molar refractivity (Wildman–Crippen MR) is 107 cm³/mol. The van der Waals surface area contributed by atoms with Crippen molar-refractivity contribution in [1.82, 2.24) is 9.80 Å². The SMILES string of the molecule is O=C(c1ccc(-c2cccc(C(F)(F)F)c2)cc1F)N1CCCC1CN1CCCC1. The molecule has 4 rings (SSSR count). The van der Waals surface area contributed by atoms with Crippen molar-refractivity contribution in [2.24, 2.45) is 0 Å². The lowest BCUT2D eigenvalue weighted by atomic mass is 10.0. The maximum Gasteiger partial charge on any atom is 0.416 e. The first-order valence-corrected chi connectivity index (χ1v) is 10.3. The first kappa shape index (κ1) is 20.8. The summed E-state index contributed by atoms with van der Waals surface area (Å²) in [5.74, 6) is -1.05. The largest absolute Gasteiger partial charge is 0.416 e. The van der Waals surface area contributed by atoms with E-state index in [0.29, 0.717) is 12.1 Å². The van der Waals surface area contributed by atoms with Crippen LogP contribution in [-0.2, 0) is 6.18 Å². The van der Waals surface area contributed by atoms with Gasteiger partial charge in [0.25, 0.3) is 5.91 Å². The molecule has 1 unspecified atom stereocenters. The molecule has 0 aromatic heterocycles. The summed E-state index contributed by atoms with van der Waals surface area (Å²) in [7, 11) is 0. The zero-order valence-electron chi connectivity index (χ0n) is 16.6. The standard InChI is InChI=1S/C23H24F4N2O/c24-21-14-17(16-5-3-6-18(13-16)23(25,26)27)8-9-20(21)22(30)29-12-4-7-19(29)15-28-10-1-2-11-28/h3,5-6,8-9,13-14,19H,1-2,4,7,10-12,15H2. The monoisotopic (exact) mass is 420 g/mol. The van der Waals surface area contributed by atoms with Gasteiger partial charge in [0, 0.05) is 19.1 Å². The van der Waals surface area contributed by atoms with E-state index in [9.17, 15) is 22.4 Å². The summed E-state index contributed by atoms with van der Waals surface area (Å²) in [6.07, 6.45) is -0.316. The summed E-state index contributed by atoms with van der Waals surface area (Å²) < 4.78 is 53.7. The number of alkyl halides is 3. The Labute approximate surface area is 173 Å². The van der Waals surface area contributed by atoms with Gasteiger partial charge in [0.2, 0.25) is 0 Å². The van der Waals surface area contributed by atoms with Crippen LogP contribution >= 0.6 is 0 Å². The number of carbonyl (C=O) groups is 1. The van der Waals surface area contributed by atoms with Crippen LogP contribution in [0.3, 0.4) is 0 Å². The fourth-order valence-corrected chi connectivity index (χ4v) is 4.45. The smallest absolute Gasteiger partial charge is 0.334 e. The topological polar surface area (TPSA) is 23.6 Å². The molecule has 160 valence electrons. The molecule has 2 aliphatic heterocycles. The Morgan fingerprint density at radius 1 is 0.967 bits per heavy atom. The van der Waals surface area contributed by atoms with Gasteiger partial charge in [-0.2, -0.15) is 13.2 Å². The third kappa shape index (κ3) is 4.36. The van der Waals surface area contributed by atoms with Crippen molar-refractivity contribution in [1.29, 1.82) is 0 Å². The van der Waals surface area contributed by atoms with Crippen LogP contribution in [-0.4, -0.2) is 47.9 Å². The second-order valence-corrected chi connectivity index (χ2v) is 8.08. The molecule has 3 nitrogen and oxygen atoms in total. The van der Waals surface area contributed by atoms with Crippen LogP contribution < -0.4 is 0 Å². The van der Waals surface area contributed by atoms with E-state index in [2.05, 4.69) is 4.90 Å². The molecule has 0 bridgehead atoms. The molecule has 1 amide bonds. The number of hydrogen-bond acceptors (Lipinski definition) is 2. The highest BCUT2D eigenvalue weighted by molar-refractivity contribution is 5.95. The minimum absolute atomic E-state index is 0.0287. The molecule has 0 N–H and O–H groups in total. The molecule has 2 aromatic carbocycles. The van der Waals surface area contributed by atoms with Gasteiger partial charge in [0.05, 0.1) is 11.1 Å². The van der Waals surface area contributed by atoms with E-state index in [1.165, 1.54) is 37.1 Å². The minimum atomic E-state index is -4.47. The van der Waals surface area contributed by atoms with Crippen LogP contribution in [0.4, 0.5) is 17.6 Å². The first-order valence-electron chi connectivity index (χ1n) is 10.3. The number of nitrogens with zero attached hydrogens (tertiary/aromatic N) is 2. The lowest BCUT2D eigenvalue weighted by molar-refractivity contribution is -0.137. The van der Waals surface area contributed by atoms with Crippen LogP contribution in [0, 0.1) is 5.82 Å². The highest BCUT2D eigenvalue weighted by Crippen LogP contribution is 2.33. The quantitative estimate of drug-likeness (QED) is 0.634. The predicted octanol–water partition coefficient (Wildman–Crippen LogP) is 5.21. The summed E-state index contributed by atoms with van der Waals surface area (Å²) in [6, 6.07) is 8.89. The summed E-state index contributed by atoms with van der Waals surface area (Å²) in [4.78, 5) is 17.1. The molecule has 2 aliphatic rings. The van der Waals surface area contributed by atoms with Crippen molar-refractivity contribution >= 4 is 5.91 Å². The second-order valence-electron chi connectivity index (χ2n) is 8.08. The van der Waals surface area contributed by atoms with Gasteiger partial charge in [-0.3, -0.25) is 4.79 Å². The van der Waals surface area contributed by atoms with Gasteiger partial charge in [-0.15, -0.1) is 0 Å². The highest BCUT2D eigenvalue weighted by Gasteiger charge is 2.33. The molecule has 2 heterocycles. The zero-order chi connectivity index (χ0) is 21.3. The lowest BCUT2D eigenvalue weighted by Crippen LogP contribution is -2.42. The van der Waals surface area contributed by atoms with Crippen LogP contribution in [0.5, 0.6) is 0 Å². The van der Waals surface area contributed by atoms with E-state index in [1.807, 2.05) is 0 Å². The van der Waals surface area contributed by atoms with Crippen molar-refractivity contribution < 1.29 is 22.4 Å². The number of carbonyl (C=O) groups excluding carboxylic acids is 1. The maximum atomic E-state index is 14.8. The molecule has 0 spiro atoms. The molecule has 0 aliphatic carbocycles. The summed E-state index contributed by atoms with van der Waals surface area (Å²) >= 11 is 0. The Bertz CT molecular complexity index is 922. The Balaban J connectivity index is 1.53. The number of benzene rings is 2. The van der Waals surface area contributed by atoms with Crippen molar-refractivity contribution in [3.05, 3.63) is 59.4 Å². The molecule has 2 fully saturated rings. The van der Waals surface area contributed by atoms with Gasteiger partial charge in [-0.25, -0.2) is 4.39 Å². The molecular weight excluding hydrogens is 396 g/mol. The summed E-state index contributed by atoms with van der Waals surface area (Å²) in [6.45, 7) is 3.50. The molecule has 30 heavy (non-hydrogen) atoms. The van der Waals surface area contributed by atoms with E-state index >= 15 is 0 Å².